The van der Waals surface area contributed by atoms with Gasteiger partial charge in [-0.1, -0.05) is 54.9 Å². The number of rotatable bonds is 16. The Labute approximate surface area is 477 Å². The van der Waals surface area contributed by atoms with E-state index in [0.717, 1.165) is 61.9 Å². The highest BCUT2D eigenvalue weighted by atomic mass is 35.5. The molecule has 2 fully saturated rings. The number of nitrogens with zero attached hydrogens (tertiary/aromatic N) is 4. The summed E-state index contributed by atoms with van der Waals surface area (Å²) in [5, 5.41) is 15.5. The van der Waals surface area contributed by atoms with Crippen LogP contribution in [0.25, 0.3) is 0 Å². The number of ether oxygens (including phenoxy) is 2. The van der Waals surface area contributed by atoms with Crippen LogP contribution < -0.4 is 41.8 Å². The standard InChI is InChI=1S/C28H36ClN5O3S.C15H24N2O.C13H13Cl2N3O2S.CH4/c1-17(2)37-25-15-21(20-10-12-30-13-11-20)19(5)14-24(25)33-28-31-16-22(29)27(34-28)32-23-8-6-7-9-26(23)38(35,36)18(3)4;1-10(2)18-15-9-13(11(3)8-14(15)16)12-4-6-17-7-5-12;1-8(2)21(19,20)11-6-4-3-5-10(11)17-12-9(14)7-16-13(15)18-12;/h6-9,14-18,20,30H,10-13H2,1-5H3,(H2,31,32,33,34);8-10,12,17H,4-7,16H2,1-3H3;3-8H,1-2H3,(H,16,17,18);1H4. The summed E-state index contributed by atoms with van der Waals surface area (Å²) >= 11 is 18.1. The van der Waals surface area contributed by atoms with Crippen LogP contribution in [0.2, 0.25) is 15.3 Å². The number of hydrogen-bond acceptors (Lipinski definition) is 16. The zero-order valence-corrected chi connectivity index (χ0v) is 49.4. The van der Waals surface area contributed by atoms with Crippen molar-refractivity contribution in [1.82, 2.24) is 30.6 Å². The van der Waals surface area contributed by atoms with E-state index in [0.29, 0.717) is 35.0 Å². The molecule has 8 rings (SSSR count). The second-order valence-corrected chi connectivity index (χ2v) is 26.2. The summed E-state index contributed by atoms with van der Waals surface area (Å²) in [7, 11) is -6.95. The lowest BCUT2D eigenvalue weighted by atomic mass is 9.87. The van der Waals surface area contributed by atoms with Crippen molar-refractivity contribution in [3.63, 3.8) is 0 Å². The molecular formula is C57H77Cl3N10O6S2. The first-order valence-electron chi connectivity index (χ1n) is 25.9. The van der Waals surface area contributed by atoms with E-state index >= 15 is 0 Å². The largest absolute Gasteiger partial charge is 0.489 e. The molecule has 16 nitrogen and oxygen atoms in total. The van der Waals surface area contributed by atoms with Gasteiger partial charge < -0.3 is 41.8 Å². The van der Waals surface area contributed by atoms with Gasteiger partial charge in [0.05, 0.1) is 67.6 Å². The number of aryl methyl sites for hydroxylation is 2. The van der Waals surface area contributed by atoms with Crippen molar-refractivity contribution >= 4 is 94.8 Å². The fraction of sp³-hybridized carbons (Fsp3) is 0.439. The minimum atomic E-state index is -3.52. The van der Waals surface area contributed by atoms with Gasteiger partial charge >= 0.3 is 0 Å². The van der Waals surface area contributed by atoms with Crippen molar-refractivity contribution in [2.24, 2.45) is 0 Å². The summed E-state index contributed by atoms with van der Waals surface area (Å²) in [5.74, 6) is 3.56. The molecule has 0 bridgehead atoms. The van der Waals surface area contributed by atoms with Crippen LogP contribution in [0.1, 0.15) is 123 Å². The molecule has 6 aromatic rings. The van der Waals surface area contributed by atoms with Crippen LogP contribution in [0.5, 0.6) is 11.5 Å². The van der Waals surface area contributed by atoms with E-state index in [1.165, 1.54) is 53.6 Å². The van der Waals surface area contributed by atoms with E-state index in [1.54, 1.807) is 70.2 Å². The fourth-order valence-corrected chi connectivity index (χ4v) is 11.7. The van der Waals surface area contributed by atoms with E-state index in [9.17, 15) is 16.8 Å². The van der Waals surface area contributed by atoms with Crippen molar-refractivity contribution in [2.45, 2.75) is 147 Å². The molecule has 0 unspecified atom stereocenters. The van der Waals surface area contributed by atoms with E-state index in [4.69, 9.17) is 50.0 Å². The maximum Gasteiger partial charge on any atom is 0.229 e. The Bertz CT molecular complexity index is 3190. The number of hydrogen-bond donors (Lipinski definition) is 6. The van der Waals surface area contributed by atoms with Crippen LogP contribution in [-0.2, 0) is 19.7 Å². The number of nitrogen functional groups attached to an aromatic ring is 1. The Morgan fingerprint density at radius 3 is 1.47 bits per heavy atom. The van der Waals surface area contributed by atoms with Gasteiger partial charge in [-0.05, 0) is 215 Å². The van der Waals surface area contributed by atoms with Crippen molar-refractivity contribution in [3.05, 3.63) is 123 Å². The van der Waals surface area contributed by atoms with Crippen LogP contribution in [0.4, 0.5) is 40.3 Å². The lowest BCUT2D eigenvalue weighted by molar-refractivity contribution is 0.243. The summed E-state index contributed by atoms with van der Waals surface area (Å²) in [6.07, 6.45) is 7.57. The second-order valence-electron chi connectivity index (χ2n) is 20.1. The van der Waals surface area contributed by atoms with Crippen molar-refractivity contribution in [2.75, 3.05) is 47.9 Å². The van der Waals surface area contributed by atoms with Crippen molar-refractivity contribution in [1.29, 1.82) is 0 Å². The minimum absolute atomic E-state index is 0. The zero-order valence-electron chi connectivity index (χ0n) is 45.5. The molecule has 7 N–H and O–H groups in total. The Morgan fingerprint density at radius 1 is 0.577 bits per heavy atom. The monoisotopic (exact) mass is 1170 g/mol. The molecule has 0 saturated carbocycles. The SMILES string of the molecule is C.CC(C)S(=O)(=O)c1ccccc1Nc1nc(Cl)ncc1Cl.Cc1cc(N)c(OC(C)C)cc1C1CCNCC1.Cc1cc(Nc2ncc(Cl)c(Nc3ccccc3S(=O)(=O)C(C)C)n2)c(OC(C)C)cc1C1CCNCC1. The number of nitrogens with one attached hydrogen (secondary N) is 5. The molecule has 424 valence electrons. The number of benzene rings is 4. The first-order valence-corrected chi connectivity index (χ1v) is 30.2. The molecule has 0 aliphatic carbocycles. The van der Waals surface area contributed by atoms with E-state index in [2.05, 4.69) is 84.6 Å². The van der Waals surface area contributed by atoms with E-state index < -0.39 is 30.2 Å². The molecule has 2 saturated heterocycles. The highest BCUT2D eigenvalue weighted by molar-refractivity contribution is 7.92. The summed E-state index contributed by atoms with van der Waals surface area (Å²) in [4.78, 5) is 17.0. The average Bonchev–Trinajstić information content (AvgIpc) is 3.41. The molecular weight excluding hydrogens is 1090 g/mol. The maximum absolute atomic E-state index is 12.9. The Kier molecular flexibility index (Phi) is 23.2. The molecule has 78 heavy (non-hydrogen) atoms. The molecule has 0 radical (unpaired) electrons. The highest BCUT2D eigenvalue weighted by Gasteiger charge is 2.26. The predicted octanol–water partition coefficient (Wildman–Crippen LogP) is 13.5. The van der Waals surface area contributed by atoms with E-state index in [-0.39, 0.29) is 50.6 Å². The molecule has 0 amide bonds. The minimum Gasteiger partial charge on any atom is -0.489 e. The third-order valence-corrected chi connectivity index (χ3v) is 18.0. The van der Waals surface area contributed by atoms with Gasteiger partial charge in [0.15, 0.2) is 31.3 Å². The molecule has 0 spiro atoms. The van der Waals surface area contributed by atoms with Crippen molar-refractivity contribution in [3.8, 4) is 11.5 Å². The highest BCUT2D eigenvalue weighted by Crippen LogP contribution is 2.39. The third-order valence-electron chi connectivity index (χ3n) is 12.9. The van der Waals surface area contributed by atoms with Crippen molar-refractivity contribution < 1.29 is 26.3 Å². The molecule has 2 aromatic heterocycles. The summed E-state index contributed by atoms with van der Waals surface area (Å²) < 4.78 is 62.5. The maximum atomic E-state index is 12.9. The van der Waals surface area contributed by atoms with E-state index in [1.807, 2.05) is 27.7 Å². The Balaban J connectivity index is 0.000000236. The molecule has 2 aliphatic heterocycles. The smallest absolute Gasteiger partial charge is 0.229 e. The lowest BCUT2D eigenvalue weighted by Crippen LogP contribution is -2.27. The number of sulfone groups is 2. The quantitative estimate of drug-likeness (QED) is 0.0391. The number of nitrogens with two attached hydrogens (primary N) is 1. The number of aromatic nitrogens is 4. The molecule has 4 aromatic carbocycles. The van der Waals surface area contributed by atoms with Crippen LogP contribution in [0.15, 0.2) is 95.0 Å². The van der Waals surface area contributed by atoms with Gasteiger partial charge in [0.2, 0.25) is 11.2 Å². The second kappa shape index (κ2) is 28.6. The predicted molar refractivity (Wildman–Crippen MR) is 321 cm³/mol. The van der Waals surface area contributed by atoms with Crippen LogP contribution in [0.3, 0.4) is 0 Å². The van der Waals surface area contributed by atoms with Crippen LogP contribution in [-0.4, -0.2) is 85.7 Å². The van der Waals surface area contributed by atoms with Gasteiger partial charge in [0, 0.05) is 0 Å². The van der Waals surface area contributed by atoms with Gasteiger partial charge in [-0.25, -0.2) is 26.8 Å². The normalized spacial score (nSPS) is 14.2. The van der Waals surface area contributed by atoms with Gasteiger partial charge in [0.1, 0.15) is 21.5 Å². The average molecular weight is 1170 g/mol. The van der Waals surface area contributed by atoms with Crippen LogP contribution in [0, 0.1) is 13.8 Å². The molecule has 4 heterocycles. The fourth-order valence-electron chi connectivity index (χ4n) is 8.85. The summed E-state index contributed by atoms with van der Waals surface area (Å²) in [6.45, 7) is 23.1. The Hall–Kier alpha value is -5.47. The van der Waals surface area contributed by atoms with Gasteiger partial charge in [-0.15, -0.1) is 0 Å². The number of anilines is 7. The summed E-state index contributed by atoms with van der Waals surface area (Å²) in [6, 6.07) is 21.7. The van der Waals surface area contributed by atoms with Crippen LogP contribution >= 0.6 is 34.8 Å². The number of halogens is 3. The van der Waals surface area contributed by atoms with Gasteiger partial charge in [-0.2, -0.15) is 9.97 Å². The van der Waals surface area contributed by atoms with Gasteiger partial charge in [-0.3, -0.25) is 0 Å². The first-order chi connectivity index (χ1) is 36.5. The van der Waals surface area contributed by atoms with Gasteiger partial charge in [0.25, 0.3) is 0 Å². The molecule has 2 aliphatic rings. The first kappa shape index (κ1) is 63.4. The Morgan fingerprint density at radius 2 is 1.00 bits per heavy atom. The molecule has 0 atom stereocenters. The number of para-hydroxylation sites is 2. The third kappa shape index (κ3) is 16.8. The number of piperidine rings is 2. The molecule has 21 heteroatoms. The summed E-state index contributed by atoms with van der Waals surface area (Å²) in [5.41, 5.74) is 13.5. The topological polar surface area (TPSA) is 224 Å². The zero-order chi connectivity index (χ0) is 56.2. The lowest BCUT2D eigenvalue weighted by Gasteiger charge is -2.26.